The Hall–Kier alpha value is -1.13. The molecule has 4 heteroatoms. The molecule has 2 N–H and O–H groups in total. The van der Waals surface area contributed by atoms with E-state index in [9.17, 15) is 14.6 Å². The Morgan fingerprint density at radius 3 is 2.83 bits per heavy atom. The fourth-order valence-electron chi connectivity index (χ4n) is 2.71. The molecule has 0 spiro atoms. The molecule has 1 saturated heterocycles. The van der Waals surface area contributed by atoms with E-state index in [0.29, 0.717) is 11.5 Å². The molecule has 1 aromatic rings. The molecule has 1 aromatic carbocycles. The zero-order valence-corrected chi connectivity index (χ0v) is 10.8. The van der Waals surface area contributed by atoms with Gasteiger partial charge < -0.3 is 15.1 Å². The lowest BCUT2D eigenvalue weighted by Crippen LogP contribution is -2.35. The van der Waals surface area contributed by atoms with Crippen molar-refractivity contribution in [2.75, 3.05) is 18.1 Å². The Kier molecular flexibility index (Phi) is 3.88. The molecule has 0 radical (unpaired) electrons. The number of anilines is 1. The Balaban J connectivity index is 2.38. The zero-order valence-electron chi connectivity index (χ0n) is 10.8. The highest BCUT2D eigenvalue weighted by molar-refractivity contribution is 5.56. The summed E-state index contributed by atoms with van der Waals surface area (Å²) in [4.78, 5) is 2.08. The fourth-order valence-corrected chi connectivity index (χ4v) is 2.71. The first-order chi connectivity index (χ1) is 8.54. The molecule has 1 aliphatic rings. The van der Waals surface area contributed by atoms with Gasteiger partial charge in [0.1, 0.15) is 5.82 Å². The summed E-state index contributed by atoms with van der Waals surface area (Å²) in [6.45, 7) is 4.65. The van der Waals surface area contributed by atoms with E-state index < -0.39 is 6.10 Å². The minimum absolute atomic E-state index is 0.0490. The van der Waals surface area contributed by atoms with Crippen molar-refractivity contribution < 1.29 is 14.6 Å². The number of nitrogens with zero attached hydrogens (tertiary/aromatic N) is 1. The van der Waals surface area contributed by atoms with Crippen LogP contribution in [0.15, 0.2) is 18.2 Å². The molecule has 1 aliphatic heterocycles. The van der Waals surface area contributed by atoms with Crippen molar-refractivity contribution in [3.05, 3.63) is 29.6 Å². The third-order valence-electron chi connectivity index (χ3n) is 3.82. The van der Waals surface area contributed by atoms with Crippen LogP contribution >= 0.6 is 0 Å². The summed E-state index contributed by atoms with van der Waals surface area (Å²) in [5.41, 5.74) is 1.41. The van der Waals surface area contributed by atoms with E-state index in [1.54, 1.807) is 13.0 Å². The molecule has 0 saturated carbocycles. The molecule has 18 heavy (non-hydrogen) atoms. The summed E-state index contributed by atoms with van der Waals surface area (Å²) in [5, 5.41) is 19.2. The largest absolute Gasteiger partial charge is 0.394 e. The van der Waals surface area contributed by atoms with Gasteiger partial charge in [0.25, 0.3) is 0 Å². The predicted molar refractivity (Wildman–Crippen MR) is 69.0 cm³/mol. The number of rotatable bonds is 3. The Morgan fingerprint density at radius 2 is 2.22 bits per heavy atom. The maximum absolute atomic E-state index is 13.3. The molecule has 2 rings (SSSR count). The van der Waals surface area contributed by atoms with Crippen LogP contribution in [0.1, 0.15) is 31.9 Å². The van der Waals surface area contributed by atoms with E-state index in [4.69, 9.17) is 0 Å². The summed E-state index contributed by atoms with van der Waals surface area (Å²) in [7, 11) is 0. The molecular formula is C14H20FNO2. The average Bonchev–Trinajstić information content (AvgIpc) is 2.70. The summed E-state index contributed by atoms with van der Waals surface area (Å²) >= 11 is 0. The Morgan fingerprint density at radius 1 is 1.50 bits per heavy atom. The molecule has 0 aliphatic carbocycles. The number of hydrogen-bond acceptors (Lipinski definition) is 3. The van der Waals surface area contributed by atoms with E-state index in [-0.39, 0.29) is 18.5 Å². The molecule has 2 unspecified atom stereocenters. The van der Waals surface area contributed by atoms with Crippen LogP contribution in [0.4, 0.5) is 10.1 Å². The van der Waals surface area contributed by atoms with Crippen molar-refractivity contribution in [2.24, 2.45) is 5.92 Å². The summed E-state index contributed by atoms with van der Waals surface area (Å²) in [5.74, 6) is 0.0596. The molecule has 3 atom stereocenters. The molecular weight excluding hydrogens is 233 g/mol. The van der Waals surface area contributed by atoms with Gasteiger partial charge in [0.2, 0.25) is 0 Å². The lowest BCUT2D eigenvalue weighted by Gasteiger charge is -2.30. The lowest BCUT2D eigenvalue weighted by atomic mass is 10.0. The number of aliphatic hydroxyl groups excluding tert-OH is 2. The standard InChI is InChI=1S/C14H20FNO2/c1-9-5-6-16(14(9)8-17)13-4-3-11(15)7-12(13)10(2)18/h3-4,7,9-10,14,17-18H,5-6,8H2,1-2H3/t9?,10-,14?/m0/s1. The van der Waals surface area contributed by atoms with Crippen LogP contribution in [-0.4, -0.2) is 29.4 Å². The number of hydrogen-bond donors (Lipinski definition) is 2. The topological polar surface area (TPSA) is 43.7 Å². The van der Waals surface area contributed by atoms with Crippen molar-refractivity contribution >= 4 is 5.69 Å². The minimum Gasteiger partial charge on any atom is -0.394 e. The quantitative estimate of drug-likeness (QED) is 0.867. The monoisotopic (exact) mass is 253 g/mol. The average molecular weight is 253 g/mol. The van der Waals surface area contributed by atoms with Gasteiger partial charge in [-0.1, -0.05) is 6.92 Å². The first-order valence-electron chi connectivity index (χ1n) is 6.39. The van der Waals surface area contributed by atoms with E-state index in [1.807, 2.05) is 0 Å². The van der Waals surface area contributed by atoms with Crippen LogP contribution in [0.2, 0.25) is 0 Å². The number of halogens is 1. The second kappa shape index (κ2) is 5.24. The van der Waals surface area contributed by atoms with Gasteiger partial charge >= 0.3 is 0 Å². The van der Waals surface area contributed by atoms with Crippen LogP contribution in [0, 0.1) is 11.7 Å². The second-order valence-electron chi connectivity index (χ2n) is 5.09. The zero-order chi connectivity index (χ0) is 13.3. The van der Waals surface area contributed by atoms with E-state index in [0.717, 1.165) is 18.7 Å². The van der Waals surface area contributed by atoms with Crippen molar-refractivity contribution in [3.8, 4) is 0 Å². The maximum atomic E-state index is 13.3. The molecule has 0 aromatic heterocycles. The van der Waals surface area contributed by atoms with Crippen LogP contribution < -0.4 is 4.90 Å². The number of aliphatic hydroxyl groups is 2. The molecule has 0 bridgehead atoms. The highest BCUT2D eigenvalue weighted by atomic mass is 19.1. The van der Waals surface area contributed by atoms with Crippen molar-refractivity contribution in [3.63, 3.8) is 0 Å². The van der Waals surface area contributed by atoms with E-state index >= 15 is 0 Å². The summed E-state index contributed by atoms with van der Waals surface area (Å²) in [6, 6.07) is 4.52. The highest BCUT2D eigenvalue weighted by Gasteiger charge is 2.32. The fraction of sp³-hybridized carbons (Fsp3) is 0.571. The van der Waals surface area contributed by atoms with Crippen LogP contribution in [0.3, 0.4) is 0 Å². The van der Waals surface area contributed by atoms with Crippen molar-refractivity contribution in [1.29, 1.82) is 0 Å². The van der Waals surface area contributed by atoms with Crippen molar-refractivity contribution in [1.82, 2.24) is 0 Å². The minimum atomic E-state index is -0.717. The van der Waals surface area contributed by atoms with Gasteiger partial charge in [-0.25, -0.2) is 4.39 Å². The molecule has 0 amide bonds. The molecule has 3 nitrogen and oxygen atoms in total. The van der Waals surface area contributed by atoms with Crippen LogP contribution in [-0.2, 0) is 0 Å². The maximum Gasteiger partial charge on any atom is 0.123 e. The van der Waals surface area contributed by atoms with Gasteiger partial charge in [0.05, 0.1) is 18.8 Å². The highest BCUT2D eigenvalue weighted by Crippen LogP contribution is 2.34. The number of benzene rings is 1. The summed E-state index contributed by atoms with van der Waals surface area (Å²) < 4.78 is 13.3. The third kappa shape index (κ3) is 2.35. The van der Waals surface area contributed by atoms with Crippen molar-refractivity contribution in [2.45, 2.75) is 32.4 Å². The third-order valence-corrected chi connectivity index (χ3v) is 3.82. The predicted octanol–water partition coefficient (Wildman–Crippen LogP) is 2.09. The Labute approximate surface area is 107 Å². The van der Waals surface area contributed by atoms with Gasteiger partial charge in [-0.3, -0.25) is 0 Å². The summed E-state index contributed by atoms with van der Waals surface area (Å²) in [6.07, 6.45) is 0.285. The Bertz CT molecular complexity index is 422. The van der Waals surface area contributed by atoms with E-state index in [2.05, 4.69) is 11.8 Å². The first kappa shape index (κ1) is 13.3. The normalized spacial score (nSPS) is 25.5. The lowest BCUT2D eigenvalue weighted by molar-refractivity contribution is 0.198. The molecule has 1 heterocycles. The van der Waals surface area contributed by atoms with E-state index in [1.165, 1.54) is 12.1 Å². The van der Waals surface area contributed by atoms with Crippen LogP contribution in [0.5, 0.6) is 0 Å². The first-order valence-corrected chi connectivity index (χ1v) is 6.39. The van der Waals surface area contributed by atoms with Crippen LogP contribution in [0.25, 0.3) is 0 Å². The molecule has 1 fully saturated rings. The van der Waals surface area contributed by atoms with Gasteiger partial charge in [0, 0.05) is 17.8 Å². The van der Waals surface area contributed by atoms with Gasteiger partial charge in [-0.05, 0) is 37.5 Å². The second-order valence-corrected chi connectivity index (χ2v) is 5.09. The smallest absolute Gasteiger partial charge is 0.123 e. The SMILES string of the molecule is CC1CCN(c2ccc(F)cc2[C@H](C)O)C1CO. The van der Waals surface area contributed by atoms with Gasteiger partial charge in [0.15, 0.2) is 0 Å². The van der Waals surface area contributed by atoms with Gasteiger partial charge in [-0.2, -0.15) is 0 Å². The molecule has 100 valence electrons. The van der Waals surface area contributed by atoms with Gasteiger partial charge in [-0.15, -0.1) is 0 Å².